The molecule has 0 bridgehead atoms. The number of likely N-dealkylation sites (tertiary alicyclic amines) is 1. The molecule has 1 amide bonds. The molecule has 0 N–H and O–H groups in total. The summed E-state index contributed by atoms with van der Waals surface area (Å²) < 4.78 is 1.94. The van der Waals surface area contributed by atoms with E-state index in [1.807, 2.05) is 42.6 Å². The molecule has 1 aliphatic heterocycles. The fourth-order valence-corrected chi connectivity index (χ4v) is 3.54. The molecule has 1 saturated heterocycles. The van der Waals surface area contributed by atoms with E-state index in [2.05, 4.69) is 19.9 Å². The highest BCUT2D eigenvalue weighted by Crippen LogP contribution is 2.27. The van der Waals surface area contributed by atoms with Gasteiger partial charge in [-0.25, -0.2) is 19.9 Å². The number of carbonyl (C=O) groups is 1. The minimum atomic E-state index is -0.0887. The Morgan fingerprint density at radius 1 is 1.11 bits per heavy atom. The summed E-state index contributed by atoms with van der Waals surface area (Å²) in [6.45, 7) is 5.11. The van der Waals surface area contributed by atoms with Gasteiger partial charge in [0, 0.05) is 50.3 Å². The Bertz CT molecular complexity index is 996. The first-order valence-corrected chi connectivity index (χ1v) is 9.42. The van der Waals surface area contributed by atoms with Gasteiger partial charge in [0.1, 0.15) is 17.2 Å². The van der Waals surface area contributed by atoms with Crippen molar-refractivity contribution in [1.29, 1.82) is 0 Å². The molecule has 0 spiro atoms. The minimum Gasteiger partial charge on any atom is -0.337 e. The van der Waals surface area contributed by atoms with Crippen molar-refractivity contribution in [3.8, 4) is 11.5 Å². The first-order valence-electron chi connectivity index (χ1n) is 9.42. The zero-order valence-corrected chi connectivity index (χ0v) is 16.3. The predicted molar refractivity (Wildman–Crippen MR) is 104 cm³/mol. The van der Waals surface area contributed by atoms with Crippen molar-refractivity contribution in [2.75, 3.05) is 13.1 Å². The number of amides is 1. The van der Waals surface area contributed by atoms with Gasteiger partial charge in [-0.15, -0.1) is 0 Å². The fraction of sp³-hybridized carbons (Fsp3) is 0.400. The molecule has 3 aromatic heterocycles. The smallest absolute Gasteiger partial charge is 0.274 e. The van der Waals surface area contributed by atoms with Crippen LogP contribution in [0.25, 0.3) is 11.5 Å². The van der Waals surface area contributed by atoms with Crippen molar-refractivity contribution in [3.63, 3.8) is 0 Å². The third-order valence-electron chi connectivity index (χ3n) is 5.00. The largest absolute Gasteiger partial charge is 0.337 e. The molecule has 0 aromatic carbocycles. The van der Waals surface area contributed by atoms with Crippen molar-refractivity contribution >= 4 is 5.91 Å². The van der Waals surface area contributed by atoms with E-state index in [1.165, 1.54) is 0 Å². The first-order chi connectivity index (χ1) is 13.5. The van der Waals surface area contributed by atoms with Crippen molar-refractivity contribution in [1.82, 2.24) is 34.4 Å². The van der Waals surface area contributed by atoms with Gasteiger partial charge in [0.05, 0.1) is 11.9 Å². The number of carbonyl (C=O) groups excluding carboxylic acids is 1. The number of hydrogen-bond acceptors (Lipinski definition) is 6. The zero-order valence-electron chi connectivity index (χ0n) is 16.3. The standard InChI is InChI=1S/C20H23N7O/c1-13-9-16(19-21-6-8-26(19)3)25-18(24-13)15-5-4-7-27(12-15)20(28)17-11-22-14(2)10-23-17/h6,8-11,15H,4-5,7,12H2,1-3H3/t15-/m0/s1. The predicted octanol–water partition coefficient (Wildman–Crippen LogP) is 2.30. The third-order valence-corrected chi connectivity index (χ3v) is 5.00. The summed E-state index contributed by atoms with van der Waals surface area (Å²) in [6, 6.07) is 1.94. The highest BCUT2D eigenvalue weighted by molar-refractivity contribution is 5.92. The second-order valence-corrected chi connectivity index (χ2v) is 7.25. The first kappa shape index (κ1) is 18.2. The lowest BCUT2D eigenvalue weighted by atomic mass is 9.96. The lowest BCUT2D eigenvalue weighted by Crippen LogP contribution is -2.40. The lowest BCUT2D eigenvalue weighted by molar-refractivity contribution is 0.0698. The molecule has 1 fully saturated rings. The molecule has 0 radical (unpaired) electrons. The van der Waals surface area contributed by atoms with Gasteiger partial charge in [0.2, 0.25) is 0 Å². The van der Waals surface area contributed by atoms with Crippen molar-refractivity contribution < 1.29 is 4.79 Å². The summed E-state index contributed by atoms with van der Waals surface area (Å²) >= 11 is 0. The zero-order chi connectivity index (χ0) is 19.7. The molecule has 0 unspecified atom stereocenters. The van der Waals surface area contributed by atoms with Gasteiger partial charge in [0.15, 0.2) is 5.82 Å². The monoisotopic (exact) mass is 377 g/mol. The summed E-state index contributed by atoms with van der Waals surface area (Å²) in [4.78, 5) is 36.9. The van der Waals surface area contributed by atoms with Crippen LogP contribution in [0.3, 0.4) is 0 Å². The number of piperidine rings is 1. The summed E-state index contributed by atoms with van der Waals surface area (Å²) in [6.07, 6.45) is 8.69. The summed E-state index contributed by atoms with van der Waals surface area (Å²) in [7, 11) is 1.95. The van der Waals surface area contributed by atoms with Crippen LogP contribution in [0.1, 0.15) is 46.5 Å². The molecule has 4 rings (SSSR count). The SMILES string of the molecule is Cc1cnc(C(=O)N2CCC[C@H](c3nc(C)cc(-c4nccn4C)n3)C2)cn1. The Kier molecular flexibility index (Phi) is 4.85. The van der Waals surface area contributed by atoms with E-state index in [9.17, 15) is 4.79 Å². The van der Waals surface area contributed by atoms with Gasteiger partial charge in [-0.1, -0.05) is 0 Å². The van der Waals surface area contributed by atoms with E-state index in [4.69, 9.17) is 4.98 Å². The maximum atomic E-state index is 12.8. The van der Waals surface area contributed by atoms with E-state index in [0.29, 0.717) is 18.8 Å². The van der Waals surface area contributed by atoms with Gasteiger partial charge in [0.25, 0.3) is 5.91 Å². The van der Waals surface area contributed by atoms with Crippen molar-refractivity contribution in [2.24, 2.45) is 7.05 Å². The Hall–Kier alpha value is -3.16. The molecule has 0 aliphatic carbocycles. The van der Waals surface area contributed by atoms with Crippen LogP contribution in [0, 0.1) is 13.8 Å². The van der Waals surface area contributed by atoms with Crippen LogP contribution in [0.5, 0.6) is 0 Å². The van der Waals surface area contributed by atoms with Crippen LogP contribution in [-0.4, -0.2) is 53.4 Å². The Morgan fingerprint density at radius 2 is 1.96 bits per heavy atom. The summed E-state index contributed by atoms with van der Waals surface area (Å²) in [5.74, 6) is 1.58. The van der Waals surface area contributed by atoms with Crippen molar-refractivity contribution in [2.45, 2.75) is 32.6 Å². The quantitative estimate of drug-likeness (QED) is 0.696. The maximum absolute atomic E-state index is 12.8. The fourth-order valence-electron chi connectivity index (χ4n) is 3.54. The van der Waals surface area contributed by atoms with Crippen LogP contribution in [0.4, 0.5) is 0 Å². The molecular weight excluding hydrogens is 354 g/mol. The Balaban J connectivity index is 1.58. The highest BCUT2D eigenvalue weighted by atomic mass is 16.2. The second kappa shape index (κ2) is 7.46. The van der Waals surface area contributed by atoms with Gasteiger partial charge < -0.3 is 9.47 Å². The number of aromatic nitrogens is 6. The molecule has 1 aliphatic rings. The molecule has 8 heteroatoms. The molecule has 8 nitrogen and oxygen atoms in total. The molecule has 4 heterocycles. The highest BCUT2D eigenvalue weighted by Gasteiger charge is 2.28. The molecule has 3 aromatic rings. The molecule has 0 saturated carbocycles. The van der Waals surface area contributed by atoms with Crippen LogP contribution in [-0.2, 0) is 7.05 Å². The third kappa shape index (κ3) is 3.62. The van der Waals surface area contributed by atoms with Gasteiger partial charge in [-0.05, 0) is 32.8 Å². The average Bonchev–Trinajstić information content (AvgIpc) is 3.13. The summed E-state index contributed by atoms with van der Waals surface area (Å²) in [5.41, 5.74) is 2.88. The lowest BCUT2D eigenvalue weighted by Gasteiger charge is -2.32. The minimum absolute atomic E-state index is 0.0887. The topological polar surface area (TPSA) is 89.7 Å². The van der Waals surface area contributed by atoms with Gasteiger partial charge >= 0.3 is 0 Å². The number of imidazole rings is 1. The van der Waals surface area contributed by atoms with E-state index < -0.39 is 0 Å². The normalized spacial score (nSPS) is 17.0. The van der Waals surface area contributed by atoms with Crippen molar-refractivity contribution in [3.05, 3.63) is 53.8 Å². The number of nitrogens with zero attached hydrogens (tertiary/aromatic N) is 7. The number of rotatable bonds is 3. The van der Waals surface area contributed by atoms with E-state index in [1.54, 1.807) is 18.6 Å². The molecule has 28 heavy (non-hydrogen) atoms. The van der Waals surface area contributed by atoms with E-state index in [-0.39, 0.29) is 11.8 Å². The van der Waals surface area contributed by atoms with Gasteiger partial charge in [-0.3, -0.25) is 9.78 Å². The van der Waals surface area contributed by atoms with Gasteiger partial charge in [-0.2, -0.15) is 0 Å². The molecule has 1 atom stereocenters. The van der Waals surface area contributed by atoms with Crippen LogP contribution >= 0.6 is 0 Å². The molecule has 144 valence electrons. The van der Waals surface area contributed by atoms with E-state index >= 15 is 0 Å². The van der Waals surface area contributed by atoms with Crippen LogP contribution < -0.4 is 0 Å². The summed E-state index contributed by atoms with van der Waals surface area (Å²) in [5, 5.41) is 0. The molecular formula is C20H23N7O. The second-order valence-electron chi connectivity index (χ2n) is 7.25. The Labute approximate surface area is 163 Å². The van der Waals surface area contributed by atoms with E-state index in [0.717, 1.165) is 41.6 Å². The number of hydrogen-bond donors (Lipinski definition) is 0. The average molecular weight is 377 g/mol. The maximum Gasteiger partial charge on any atom is 0.274 e. The van der Waals surface area contributed by atoms with Crippen LogP contribution in [0.2, 0.25) is 0 Å². The van der Waals surface area contributed by atoms with Crippen LogP contribution in [0.15, 0.2) is 30.9 Å². The number of aryl methyl sites for hydroxylation is 3. The Morgan fingerprint density at radius 3 is 2.68 bits per heavy atom.